The van der Waals surface area contributed by atoms with Crippen LogP contribution >= 0.6 is 0 Å². The Bertz CT molecular complexity index is 237. The Morgan fingerprint density at radius 1 is 1.53 bits per heavy atom. The van der Waals surface area contributed by atoms with Crippen LogP contribution in [0.4, 0.5) is 4.79 Å². The molecule has 0 aromatic rings. The van der Waals surface area contributed by atoms with Crippen molar-refractivity contribution < 1.29 is 14.6 Å². The average molecular weight is 216 g/mol. The summed E-state index contributed by atoms with van der Waals surface area (Å²) in [5, 5.41) is 9.70. The predicted octanol–water partition coefficient (Wildman–Crippen LogP) is 0.663. The molecule has 0 radical (unpaired) electrons. The molecule has 0 aromatic carbocycles. The molecular formula is C10H20N2O3. The first kappa shape index (κ1) is 12.3. The fourth-order valence-electron chi connectivity index (χ4n) is 1.53. The molecule has 5 nitrogen and oxygen atoms in total. The second-order valence-electron chi connectivity index (χ2n) is 4.89. The van der Waals surface area contributed by atoms with E-state index < -0.39 is 17.9 Å². The zero-order valence-electron chi connectivity index (χ0n) is 9.56. The lowest BCUT2D eigenvalue weighted by molar-refractivity contribution is -0.0537. The van der Waals surface area contributed by atoms with Crippen LogP contribution in [0, 0.1) is 0 Å². The molecule has 0 spiro atoms. The summed E-state index contributed by atoms with van der Waals surface area (Å²) in [6.45, 7) is 5.88. The molecule has 2 unspecified atom stereocenters. The highest BCUT2D eigenvalue weighted by molar-refractivity contribution is 5.68. The van der Waals surface area contributed by atoms with Gasteiger partial charge in [-0.25, -0.2) is 4.79 Å². The highest BCUT2D eigenvalue weighted by atomic mass is 16.6. The summed E-state index contributed by atoms with van der Waals surface area (Å²) in [5.74, 6) is 0. The van der Waals surface area contributed by atoms with E-state index in [0.717, 1.165) is 12.8 Å². The Labute approximate surface area is 90.2 Å². The van der Waals surface area contributed by atoms with E-state index in [9.17, 15) is 9.90 Å². The topological polar surface area (TPSA) is 75.8 Å². The minimum absolute atomic E-state index is 0.369. The lowest BCUT2D eigenvalue weighted by atomic mass is 10.1. The predicted molar refractivity (Wildman–Crippen MR) is 56.2 cm³/mol. The monoisotopic (exact) mass is 216 g/mol. The van der Waals surface area contributed by atoms with Crippen LogP contribution in [0.3, 0.4) is 0 Å². The van der Waals surface area contributed by atoms with E-state index >= 15 is 0 Å². The molecule has 1 aliphatic rings. The highest BCUT2D eigenvalue weighted by Gasteiger charge is 2.33. The summed E-state index contributed by atoms with van der Waals surface area (Å²) in [7, 11) is 0. The maximum atomic E-state index is 11.7. The standard InChI is InChI=1S/C10H20N2O3/c1-10(2,3)15-9(14)12-6-4-5-7(11)8(12)13/h7-8,13H,4-6,11H2,1-3H3. The van der Waals surface area contributed by atoms with Gasteiger partial charge in [0.1, 0.15) is 11.8 Å². The van der Waals surface area contributed by atoms with Crippen molar-refractivity contribution in [3.05, 3.63) is 0 Å². The van der Waals surface area contributed by atoms with Crippen LogP contribution in [-0.4, -0.2) is 40.5 Å². The third-order valence-electron chi connectivity index (χ3n) is 2.27. The first-order valence-corrected chi connectivity index (χ1v) is 5.24. The summed E-state index contributed by atoms with van der Waals surface area (Å²) >= 11 is 0. The van der Waals surface area contributed by atoms with Gasteiger partial charge in [-0.3, -0.25) is 4.90 Å². The van der Waals surface area contributed by atoms with Crippen molar-refractivity contribution in [3.63, 3.8) is 0 Å². The number of aliphatic hydroxyl groups is 1. The minimum Gasteiger partial charge on any atom is -0.444 e. The number of piperidine rings is 1. The van der Waals surface area contributed by atoms with Crippen molar-refractivity contribution in [2.75, 3.05) is 6.54 Å². The lowest BCUT2D eigenvalue weighted by Gasteiger charge is -2.36. The van der Waals surface area contributed by atoms with E-state index in [4.69, 9.17) is 10.5 Å². The van der Waals surface area contributed by atoms with Crippen LogP contribution in [0.2, 0.25) is 0 Å². The summed E-state index contributed by atoms with van der Waals surface area (Å²) in [4.78, 5) is 12.9. The number of amides is 1. The molecule has 0 aromatic heterocycles. The fourth-order valence-corrected chi connectivity index (χ4v) is 1.53. The number of rotatable bonds is 0. The summed E-state index contributed by atoms with van der Waals surface area (Å²) in [6, 6.07) is -0.369. The van der Waals surface area contributed by atoms with Gasteiger partial charge in [0.05, 0.1) is 0 Å². The van der Waals surface area contributed by atoms with E-state index in [1.54, 1.807) is 20.8 Å². The maximum Gasteiger partial charge on any atom is 0.412 e. The van der Waals surface area contributed by atoms with Crippen LogP contribution in [0.25, 0.3) is 0 Å². The van der Waals surface area contributed by atoms with Gasteiger partial charge < -0.3 is 15.6 Å². The molecule has 1 heterocycles. The first-order valence-electron chi connectivity index (χ1n) is 5.24. The van der Waals surface area contributed by atoms with Gasteiger partial charge in [0.15, 0.2) is 0 Å². The van der Waals surface area contributed by atoms with Crippen molar-refractivity contribution in [1.29, 1.82) is 0 Å². The van der Waals surface area contributed by atoms with E-state index in [-0.39, 0.29) is 6.04 Å². The van der Waals surface area contributed by atoms with E-state index in [0.29, 0.717) is 6.54 Å². The maximum absolute atomic E-state index is 11.7. The van der Waals surface area contributed by atoms with Crippen LogP contribution in [0.15, 0.2) is 0 Å². The first-order chi connectivity index (χ1) is 6.81. The molecule has 1 amide bonds. The third kappa shape index (κ3) is 3.35. The van der Waals surface area contributed by atoms with Gasteiger partial charge >= 0.3 is 6.09 Å². The Balaban J connectivity index is 2.59. The molecule has 5 heteroatoms. The Morgan fingerprint density at radius 2 is 2.13 bits per heavy atom. The molecule has 3 N–H and O–H groups in total. The largest absolute Gasteiger partial charge is 0.444 e. The summed E-state index contributed by atoms with van der Waals surface area (Å²) in [5.41, 5.74) is 5.13. The fraction of sp³-hybridized carbons (Fsp3) is 0.900. The van der Waals surface area contributed by atoms with Crippen molar-refractivity contribution >= 4 is 6.09 Å². The van der Waals surface area contributed by atoms with Gasteiger partial charge in [0, 0.05) is 12.6 Å². The molecule has 15 heavy (non-hydrogen) atoms. The summed E-state index contributed by atoms with van der Waals surface area (Å²) < 4.78 is 5.17. The number of aliphatic hydroxyl groups excluding tert-OH is 1. The van der Waals surface area contributed by atoms with Gasteiger partial charge in [-0.15, -0.1) is 0 Å². The molecule has 2 atom stereocenters. The van der Waals surface area contributed by atoms with Crippen molar-refractivity contribution in [2.24, 2.45) is 5.73 Å². The molecule has 0 saturated carbocycles. The van der Waals surface area contributed by atoms with E-state index in [1.165, 1.54) is 4.90 Å². The van der Waals surface area contributed by atoms with Crippen LogP contribution < -0.4 is 5.73 Å². The molecule has 0 bridgehead atoms. The lowest BCUT2D eigenvalue weighted by Crippen LogP contribution is -2.55. The Hall–Kier alpha value is -0.810. The minimum atomic E-state index is -0.923. The molecule has 88 valence electrons. The number of carbonyl (C=O) groups excluding carboxylic acids is 1. The number of likely N-dealkylation sites (tertiary alicyclic amines) is 1. The second kappa shape index (κ2) is 4.37. The SMILES string of the molecule is CC(C)(C)OC(=O)N1CCCC(N)C1O. The van der Waals surface area contributed by atoms with Crippen LogP contribution in [-0.2, 0) is 4.74 Å². The number of carbonyl (C=O) groups is 1. The number of ether oxygens (including phenoxy) is 1. The quantitative estimate of drug-likeness (QED) is 0.624. The van der Waals surface area contributed by atoms with Crippen molar-refractivity contribution in [2.45, 2.75) is 51.5 Å². The molecular weight excluding hydrogens is 196 g/mol. The third-order valence-corrected chi connectivity index (χ3v) is 2.27. The van der Waals surface area contributed by atoms with E-state index in [1.807, 2.05) is 0 Å². The molecule has 1 rings (SSSR count). The summed E-state index contributed by atoms with van der Waals surface area (Å²) in [6.07, 6.45) is 0.122. The number of nitrogens with two attached hydrogens (primary N) is 1. The Kier molecular flexibility index (Phi) is 3.57. The molecule has 1 fully saturated rings. The Morgan fingerprint density at radius 3 is 2.67 bits per heavy atom. The van der Waals surface area contributed by atoms with E-state index in [2.05, 4.69) is 0 Å². The second-order valence-corrected chi connectivity index (χ2v) is 4.89. The zero-order valence-corrected chi connectivity index (χ0v) is 9.56. The van der Waals surface area contributed by atoms with Gasteiger partial charge in [0.2, 0.25) is 0 Å². The van der Waals surface area contributed by atoms with Gasteiger partial charge in [-0.05, 0) is 33.6 Å². The molecule has 0 aliphatic carbocycles. The van der Waals surface area contributed by atoms with Crippen molar-refractivity contribution in [3.8, 4) is 0 Å². The molecule has 1 saturated heterocycles. The molecule has 1 aliphatic heterocycles. The number of hydrogen-bond donors (Lipinski definition) is 2. The average Bonchev–Trinajstić information content (AvgIpc) is 2.06. The zero-order chi connectivity index (χ0) is 11.6. The smallest absolute Gasteiger partial charge is 0.412 e. The van der Waals surface area contributed by atoms with Crippen LogP contribution in [0.5, 0.6) is 0 Å². The number of nitrogens with zero attached hydrogens (tertiary/aromatic N) is 1. The highest BCUT2D eigenvalue weighted by Crippen LogP contribution is 2.18. The number of hydrogen-bond acceptors (Lipinski definition) is 4. The van der Waals surface area contributed by atoms with Gasteiger partial charge in [-0.2, -0.15) is 0 Å². The van der Waals surface area contributed by atoms with Crippen molar-refractivity contribution in [1.82, 2.24) is 4.90 Å². The van der Waals surface area contributed by atoms with Gasteiger partial charge in [-0.1, -0.05) is 0 Å². The van der Waals surface area contributed by atoms with Crippen LogP contribution in [0.1, 0.15) is 33.6 Å². The van der Waals surface area contributed by atoms with Gasteiger partial charge in [0.25, 0.3) is 0 Å². The normalized spacial score (nSPS) is 27.7.